The molecular formula is C25H31N5O2S. The van der Waals surface area contributed by atoms with Crippen molar-refractivity contribution in [1.82, 2.24) is 14.5 Å². The third kappa shape index (κ3) is 4.54. The third-order valence-electron chi connectivity index (χ3n) is 6.87. The molecule has 2 aliphatic rings. The lowest BCUT2D eigenvalue weighted by Crippen LogP contribution is -2.44. The number of anilines is 2. The van der Waals surface area contributed by atoms with E-state index < -0.39 is 0 Å². The van der Waals surface area contributed by atoms with Gasteiger partial charge in [-0.15, -0.1) is 11.3 Å². The second-order valence-electron chi connectivity index (χ2n) is 9.22. The maximum atomic E-state index is 13.1. The number of benzene rings is 1. The molecule has 0 unspecified atom stereocenters. The van der Waals surface area contributed by atoms with Crippen LogP contribution in [0.25, 0.3) is 10.2 Å². The number of amides is 1. The highest BCUT2D eigenvalue weighted by Gasteiger charge is 2.20. The molecule has 0 spiro atoms. The van der Waals surface area contributed by atoms with Crippen molar-refractivity contribution >= 4 is 38.8 Å². The molecule has 3 aromatic rings. The number of aryl methyl sites for hydroxylation is 4. The van der Waals surface area contributed by atoms with Gasteiger partial charge in [0.25, 0.3) is 5.56 Å². The number of aromatic nitrogens is 2. The molecule has 33 heavy (non-hydrogen) atoms. The van der Waals surface area contributed by atoms with Crippen LogP contribution >= 0.6 is 11.3 Å². The zero-order valence-corrected chi connectivity index (χ0v) is 20.2. The summed E-state index contributed by atoms with van der Waals surface area (Å²) in [5.41, 5.74) is 4.24. The largest absolute Gasteiger partial charge is 0.369 e. The van der Waals surface area contributed by atoms with E-state index in [-0.39, 0.29) is 17.9 Å². The Morgan fingerprint density at radius 2 is 1.94 bits per heavy atom. The summed E-state index contributed by atoms with van der Waals surface area (Å²) >= 11 is 1.65. The monoisotopic (exact) mass is 465 g/mol. The standard InChI is InChI=1S/C25H31N5O2S/c1-17-15-18(29-13-11-28(2)12-14-29)7-8-20(17)27-22(31)9-10-30-16-26-24-23(25(30)32)19-5-3-4-6-21(19)33-24/h7-8,15-16H,3-6,9-14H2,1-2H3,(H,27,31). The number of hydrogen-bond donors (Lipinski definition) is 1. The first-order chi connectivity index (χ1) is 16.0. The van der Waals surface area contributed by atoms with E-state index in [2.05, 4.69) is 39.3 Å². The van der Waals surface area contributed by atoms with Gasteiger partial charge in [0.2, 0.25) is 5.91 Å². The van der Waals surface area contributed by atoms with Crippen molar-refractivity contribution in [3.63, 3.8) is 0 Å². The van der Waals surface area contributed by atoms with E-state index in [0.717, 1.165) is 66.9 Å². The Bertz CT molecular complexity index is 1240. The summed E-state index contributed by atoms with van der Waals surface area (Å²) in [7, 11) is 2.15. The van der Waals surface area contributed by atoms with E-state index in [1.54, 1.807) is 22.2 Å². The van der Waals surface area contributed by atoms with Gasteiger partial charge in [-0.1, -0.05) is 0 Å². The fourth-order valence-electron chi connectivity index (χ4n) is 4.82. The molecule has 5 rings (SSSR count). The van der Waals surface area contributed by atoms with Crippen LogP contribution in [0.4, 0.5) is 11.4 Å². The van der Waals surface area contributed by atoms with Gasteiger partial charge in [-0.25, -0.2) is 4.98 Å². The van der Waals surface area contributed by atoms with Crippen LogP contribution in [-0.4, -0.2) is 53.6 Å². The Balaban J connectivity index is 1.24. The number of nitrogens with one attached hydrogen (secondary N) is 1. The summed E-state index contributed by atoms with van der Waals surface area (Å²) in [5, 5.41) is 3.79. The number of carbonyl (C=O) groups is 1. The first-order valence-corrected chi connectivity index (χ1v) is 12.6. The normalized spacial score (nSPS) is 16.7. The highest BCUT2D eigenvalue weighted by molar-refractivity contribution is 7.18. The van der Waals surface area contributed by atoms with E-state index in [4.69, 9.17) is 0 Å². The number of carbonyl (C=O) groups excluding carboxylic acids is 1. The molecule has 0 radical (unpaired) electrons. The second kappa shape index (κ2) is 9.27. The van der Waals surface area contributed by atoms with Crippen molar-refractivity contribution in [3.05, 3.63) is 50.9 Å². The minimum atomic E-state index is -0.0928. The van der Waals surface area contributed by atoms with Crippen LogP contribution in [0, 0.1) is 6.92 Å². The zero-order chi connectivity index (χ0) is 22.9. The summed E-state index contributed by atoms with van der Waals surface area (Å²) in [6.45, 7) is 6.51. The van der Waals surface area contributed by atoms with Gasteiger partial charge in [0.05, 0.1) is 11.7 Å². The summed E-state index contributed by atoms with van der Waals surface area (Å²) < 4.78 is 1.59. The van der Waals surface area contributed by atoms with Gasteiger partial charge >= 0.3 is 0 Å². The number of thiophene rings is 1. The Labute approximate surface area is 198 Å². The summed E-state index contributed by atoms with van der Waals surface area (Å²) in [5.74, 6) is -0.0928. The predicted molar refractivity (Wildman–Crippen MR) is 135 cm³/mol. The molecule has 1 saturated heterocycles. The summed E-state index contributed by atoms with van der Waals surface area (Å²) in [6, 6.07) is 6.21. The molecule has 174 valence electrons. The first kappa shape index (κ1) is 22.1. The average Bonchev–Trinajstić information content (AvgIpc) is 3.20. The van der Waals surface area contributed by atoms with E-state index in [9.17, 15) is 9.59 Å². The lowest BCUT2D eigenvalue weighted by atomic mass is 9.97. The number of hydrogen-bond acceptors (Lipinski definition) is 6. The Hall–Kier alpha value is -2.71. The lowest BCUT2D eigenvalue weighted by molar-refractivity contribution is -0.116. The SMILES string of the molecule is Cc1cc(N2CCN(C)CC2)ccc1NC(=O)CCn1cnc2sc3c(c2c1=O)CCCC3. The lowest BCUT2D eigenvalue weighted by Gasteiger charge is -2.34. The van der Waals surface area contributed by atoms with Crippen molar-refractivity contribution in [2.75, 3.05) is 43.4 Å². The third-order valence-corrected chi connectivity index (χ3v) is 8.07. The van der Waals surface area contributed by atoms with E-state index in [1.165, 1.54) is 22.5 Å². The van der Waals surface area contributed by atoms with Gasteiger partial charge in [-0.3, -0.25) is 14.2 Å². The molecule has 0 saturated carbocycles. The Morgan fingerprint density at radius 1 is 1.15 bits per heavy atom. The van der Waals surface area contributed by atoms with Gasteiger partial charge in [0.15, 0.2) is 0 Å². The Morgan fingerprint density at radius 3 is 2.73 bits per heavy atom. The molecule has 1 aromatic carbocycles. The van der Waals surface area contributed by atoms with Crippen LogP contribution in [0.5, 0.6) is 0 Å². The molecule has 1 amide bonds. The number of piperazine rings is 1. The van der Waals surface area contributed by atoms with Crippen molar-refractivity contribution in [1.29, 1.82) is 0 Å². The van der Waals surface area contributed by atoms with Gasteiger partial charge in [0.1, 0.15) is 4.83 Å². The molecule has 1 N–H and O–H groups in total. The fourth-order valence-corrected chi connectivity index (χ4v) is 6.04. The quantitative estimate of drug-likeness (QED) is 0.625. The van der Waals surface area contributed by atoms with E-state index in [0.29, 0.717) is 6.54 Å². The highest BCUT2D eigenvalue weighted by atomic mass is 32.1. The smallest absolute Gasteiger partial charge is 0.262 e. The van der Waals surface area contributed by atoms with Crippen molar-refractivity contribution in [3.8, 4) is 0 Å². The van der Waals surface area contributed by atoms with E-state index >= 15 is 0 Å². The Kier molecular flexibility index (Phi) is 6.21. The number of fused-ring (bicyclic) bond motifs is 3. The van der Waals surface area contributed by atoms with Gasteiger partial charge in [0, 0.05) is 55.4 Å². The van der Waals surface area contributed by atoms with Crippen LogP contribution < -0.4 is 15.8 Å². The van der Waals surface area contributed by atoms with Crippen LogP contribution in [0.3, 0.4) is 0 Å². The number of nitrogens with zero attached hydrogens (tertiary/aromatic N) is 4. The van der Waals surface area contributed by atoms with Crippen LogP contribution in [0.1, 0.15) is 35.3 Å². The topological polar surface area (TPSA) is 70.5 Å². The molecule has 1 fully saturated rings. The average molecular weight is 466 g/mol. The molecule has 1 aliphatic carbocycles. The number of rotatable bonds is 5. The predicted octanol–water partition coefficient (Wildman–Crippen LogP) is 3.43. The van der Waals surface area contributed by atoms with Gasteiger partial charge in [-0.2, -0.15) is 0 Å². The van der Waals surface area contributed by atoms with Crippen molar-refractivity contribution < 1.29 is 4.79 Å². The molecule has 7 nitrogen and oxygen atoms in total. The molecular weight excluding hydrogens is 434 g/mol. The van der Waals surface area contributed by atoms with E-state index in [1.807, 2.05) is 13.0 Å². The summed E-state index contributed by atoms with van der Waals surface area (Å²) in [4.78, 5) is 37.1. The minimum Gasteiger partial charge on any atom is -0.369 e. The first-order valence-electron chi connectivity index (χ1n) is 11.8. The summed E-state index contributed by atoms with van der Waals surface area (Å²) in [6.07, 6.45) is 6.15. The van der Waals surface area contributed by atoms with Crippen LogP contribution in [0.15, 0.2) is 29.3 Å². The van der Waals surface area contributed by atoms with Crippen LogP contribution in [0.2, 0.25) is 0 Å². The molecule has 2 aromatic heterocycles. The molecule has 0 bridgehead atoms. The maximum absolute atomic E-state index is 13.1. The van der Waals surface area contributed by atoms with Crippen LogP contribution in [-0.2, 0) is 24.2 Å². The van der Waals surface area contributed by atoms with Gasteiger partial charge < -0.3 is 15.1 Å². The fraction of sp³-hybridized carbons (Fsp3) is 0.480. The number of likely N-dealkylation sites (N-methyl/N-ethyl adjacent to an activating group) is 1. The molecule has 8 heteroatoms. The maximum Gasteiger partial charge on any atom is 0.262 e. The molecule has 1 aliphatic heterocycles. The minimum absolute atomic E-state index is 0.0140. The van der Waals surface area contributed by atoms with Gasteiger partial charge in [-0.05, 0) is 69.0 Å². The molecule has 3 heterocycles. The zero-order valence-electron chi connectivity index (χ0n) is 19.4. The molecule has 0 atom stereocenters. The van der Waals surface area contributed by atoms with Crippen molar-refractivity contribution in [2.24, 2.45) is 0 Å². The van der Waals surface area contributed by atoms with Crippen molar-refractivity contribution in [2.45, 2.75) is 45.6 Å². The second-order valence-corrected chi connectivity index (χ2v) is 10.3. The highest BCUT2D eigenvalue weighted by Crippen LogP contribution is 2.33.